The SMILES string of the molecule is N#Cc1cccc(O)c1NC(=O)c1ccc(C(N)=O)cn1. The molecule has 0 saturated heterocycles. The maximum Gasteiger partial charge on any atom is 0.274 e. The molecule has 0 bridgehead atoms. The zero-order chi connectivity index (χ0) is 15.4. The molecule has 0 aliphatic rings. The summed E-state index contributed by atoms with van der Waals surface area (Å²) in [6, 6.07) is 8.84. The van der Waals surface area contributed by atoms with Crippen LogP contribution in [0.3, 0.4) is 0 Å². The monoisotopic (exact) mass is 282 g/mol. The number of para-hydroxylation sites is 1. The van der Waals surface area contributed by atoms with Crippen LogP contribution in [0.2, 0.25) is 0 Å². The number of pyridine rings is 1. The molecular weight excluding hydrogens is 272 g/mol. The minimum absolute atomic E-state index is 0.00535. The quantitative estimate of drug-likeness (QED) is 0.723. The van der Waals surface area contributed by atoms with Gasteiger partial charge < -0.3 is 16.2 Å². The molecule has 0 spiro atoms. The van der Waals surface area contributed by atoms with E-state index in [1.54, 1.807) is 0 Å². The fraction of sp³-hybridized carbons (Fsp3) is 0. The van der Waals surface area contributed by atoms with E-state index < -0.39 is 11.8 Å². The first-order chi connectivity index (χ1) is 10.0. The van der Waals surface area contributed by atoms with Gasteiger partial charge in [0.1, 0.15) is 23.2 Å². The molecule has 0 aliphatic carbocycles. The number of nitrogens with one attached hydrogen (secondary N) is 1. The van der Waals surface area contributed by atoms with Crippen LogP contribution < -0.4 is 11.1 Å². The average molecular weight is 282 g/mol. The number of amides is 2. The van der Waals surface area contributed by atoms with Gasteiger partial charge in [0, 0.05) is 6.20 Å². The highest BCUT2D eigenvalue weighted by Crippen LogP contribution is 2.26. The fourth-order valence-electron chi connectivity index (χ4n) is 1.62. The number of nitrogens with two attached hydrogens (primary N) is 1. The summed E-state index contributed by atoms with van der Waals surface area (Å²) < 4.78 is 0. The number of anilines is 1. The minimum atomic E-state index is -0.651. The van der Waals surface area contributed by atoms with Gasteiger partial charge in [-0.05, 0) is 24.3 Å². The number of primary amides is 1. The predicted octanol–water partition coefficient (Wildman–Crippen LogP) is 1.01. The second-order valence-electron chi connectivity index (χ2n) is 4.06. The number of rotatable bonds is 3. The van der Waals surface area contributed by atoms with E-state index >= 15 is 0 Å². The zero-order valence-corrected chi connectivity index (χ0v) is 10.7. The van der Waals surface area contributed by atoms with Crippen molar-refractivity contribution in [3.05, 3.63) is 53.3 Å². The van der Waals surface area contributed by atoms with E-state index in [1.165, 1.54) is 36.5 Å². The summed E-state index contributed by atoms with van der Waals surface area (Å²) in [7, 11) is 0. The van der Waals surface area contributed by atoms with Crippen molar-refractivity contribution in [2.24, 2.45) is 5.73 Å². The van der Waals surface area contributed by atoms with Crippen LogP contribution in [0.15, 0.2) is 36.5 Å². The molecule has 2 aromatic rings. The number of nitriles is 1. The second kappa shape index (κ2) is 5.71. The van der Waals surface area contributed by atoms with E-state index in [-0.39, 0.29) is 28.3 Å². The van der Waals surface area contributed by atoms with E-state index in [9.17, 15) is 14.7 Å². The molecule has 4 N–H and O–H groups in total. The Morgan fingerprint density at radius 2 is 2.05 bits per heavy atom. The summed E-state index contributed by atoms with van der Waals surface area (Å²) >= 11 is 0. The third-order valence-corrected chi connectivity index (χ3v) is 2.68. The first-order valence-electron chi connectivity index (χ1n) is 5.82. The van der Waals surface area contributed by atoms with Crippen molar-refractivity contribution in [3.8, 4) is 11.8 Å². The zero-order valence-electron chi connectivity index (χ0n) is 10.7. The number of benzene rings is 1. The van der Waals surface area contributed by atoms with E-state index in [2.05, 4.69) is 10.3 Å². The van der Waals surface area contributed by atoms with Gasteiger partial charge in [-0.2, -0.15) is 5.26 Å². The molecule has 104 valence electrons. The highest BCUT2D eigenvalue weighted by Gasteiger charge is 2.14. The molecule has 7 heteroatoms. The van der Waals surface area contributed by atoms with Crippen LogP contribution in [0.5, 0.6) is 5.75 Å². The Balaban J connectivity index is 2.27. The van der Waals surface area contributed by atoms with Crippen molar-refractivity contribution in [1.29, 1.82) is 5.26 Å². The highest BCUT2D eigenvalue weighted by atomic mass is 16.3. The van der Waals surface area contributed by atoms with Crippen LogP contribution >= 0.6 is 0 Å². The van der Waals surface area contributed by atoms with Crippen LogP contribution in [0.25, 0.3) is 0 Å². The predicted molar refractivity (Wildman–Crippen MR) is 73.5 cm³/mol. The average Bonchev–Trinajstić information content (AvgIpc) is 2.49. The number of nitrogens with zero attached hydrogens (tertiary/aromatic N) is 2. The third-order valence-electron chi connectivity index (χ3n) is 2.68. The van der Waals surface area contributed by atoms with Crippen molar-refractivity contribution in [2.45, 2.75) is 0 Å². The number of aromatic nitrogens is 1. The number of aromatic hydroxyl groups is 1. The molecule has 0 atom stereocenters. The number of carbonyl (C=O) groups excluding carboxylic acids is 2. The Bertz CT molecular complexity index is 748. The highest BCUT2D eigenvalue weighted by molar-refractivity contribution is 6.04. The number of phenols is 1. The summed E-state index contributed by atoms with van der Waals surface area (Å²) in [5, 5.41) is 21.0. The van der Waals surface area contributed by atoms with Crippen molar-refractivity contribution in [3.63, 3.8) is 0 Å². The summed E-state index contributed by atoms with van der Waals surface area (Å²) in [5.41, 5.74) is 5.39. The molecule has 0 unspecified atom stereocenters. The van der Waals surface area contributed by atoms with Crippen LogP contribution in [0, 0.1) is 11.3 Å². The summed E-state index contributed by atoms with van der Waals surface area (Å²) in [5.74, 6) is -1.50. The van der Waals surface area contributed by atoms with Gasteiger partial charge in [0.2, 0.25) is 5.91 Å². The second-order valence-corrected chi connectivity index (χ2v) is 4.06. The van der Waals surface area contributed by atoms with Crippen molar-refractivity contribution < 1.29 is 14.7 Å². The standard InChI is InChI=1S/C14H10N4O3/c15-6-8-2-1-3-11(19)12(8)18-14(21)10-5-4-9(7-17-10)13(16)20/h1-5,7,19H,(H2,16,20)(H,18,21). The van der Waals surface area contributed by atoms with E-state index in [1.807, 2.05) is 6.07 Å². The Kier molecular flexibility index (Phi) is 3.81. The minimum Gasteiger partial charge on any atom is -0.506 e. The fourth-order valence-corrected chi connectivity index (χ4v) is 1.62. The Morgan fingerprint density at radius 3 is 2.62 bits per heavy atom. The summed E-state index contributed by atoms with van der Waals surface area (Å²) in [4.78, 5) is 26.7. The lowest BCUT2D eigenvalue weighted by Crippen LogP contribution is -2.16. The lowest BCUT2D eigenvalue weighted by Gasteiger charge is -2.08. The molecule has 0 radical (unpaired) electrons. The molecule has 21 heavy (non-hydrogen) atoms. The van der Waals surface area contributed by atoms with Gasteiger partial charge in [-0.1, -0.05) is 6.07 Å². The normalized spacial score (nSPS) is 9.67. The molecule has 7 nitrogen and oxygen atoms in total. The lowest BCUT2D eigenvalue weighted by molar-refractivity contribution is 0.0993. The van der Waals surface area contributed by atoms with E-state index in [4.69, 9.17) is 11.0 Å². The van der Waals surface area contributed by atoms with Gasteiger partial charge in [0.05, 0.1) is 11.1 Å². The maximum absolute atomic E-state index is 12.0. The molecule has 0 saturated carbocycles. The number of hydrogen-bond acceptors (Lipinski definition) is 5. The van der Waals surface area contributed by atoms with Crippen molar-refractivity contribution in [1.82, 2.24) is 4.98 Å². The summed E-state index contributed by atoms with van der Waals surface area (Å²) in [6.07, 6.45) is 1.17. The first kappa shape index (κ1) is 14.0. The topological polar surface area (TPSA) is 129 Å². The molecule has 2 amide bonds. The molecule has 1 aromatic heterocycles. The number of carbonyl (C=O) groups is 2. The number of phenolic OH excluding ortho intramolecular Hbond substituents is 1. The Labute approximate surface area is 119 Å². The van der Waals surface area contributed by atoms with Crippen LogP contribution in [0.1, 0.15) is 26.4 Å². The third kappa shape index (κ3) is 2.96. The van der Waals surface area contributed by atoms with Gasteiger partial charge >= 0.3 is 0 Å². The van der Waals surface area contributed by atoms with Crippen molar-refractivity contribution >= 4 is 17.5 Å². The van der Waals surface area contributed by atoms with Gasteiger partial charge in [-0.3, -0.25) is 14.6 Å². The molecule has 2 rings (SSSR count). The Morgan fingerprint density at radius 1 is 1.29 bits per heavy atom. The molecule has 1 aromatic carbocycles. The Hall–Kier alpha value is -3.40. The van der Waals surface area contributed by atoms with Gasteiger partial charge in [0.15, 0.2) is 0 Å². The van der Waals surface area contributed by atoms with E-state index in [0.717, 1.165) is 0 Å². The first-order valence-corrected chi connectivity index (χ1v) is 5.82. The molecule has 1 heterocycles. The molecule has 0 aliphatic heterocycles. The summed E-state index contributed by atoms with van der Waals surface area (Å²) in [6.45, 7) is 0. The molecular formula is C14H10N4O3. The van der Waals surface area contributed by atoms with E-state index in [0.29, 0.717) is 0 Å². The van der Waals surface area contributed by atoms with Gasteiger partial charge in [-0.15, -0.1) is 0 Å². The van der Waals surface area contributed by atoms with Crippen LogP contribution in [0.4, 0.5) is 5.69 Å². The van der Waals surface area contributed by atoms with Crippen molar-refractivity contribution in [2.75, 3.05) is 5.32 Å². The van der Waals surface area contributed by atoms with Crippen LogP contribution in [-0.4, -0.2) is 21.9 Å². The largest absolute Gasteiger partial charge is 0.506 e. The number of hydrogen-bond donors (Lipinski definition) is 3. The smallest absolute Gasteiger partial charge is 0.274 e. The van der Waals surface area contributed by atoms with Gasteiger partial charge in [0.25, 0.3) is 5.91 Å². The maximum atomic E-state index is 12.0. The lowest BCUT2D eigenvalue weighted by atomic mass is 10.1. The van der Waals surface area contributed by atoms with Crippen LogP contribution in [-0.2, 0) is 0 Å². The van der Waals surface area contributed by atoms with Gasteiger partial charge in [-0.25, -0.2) is 0 Å². The molecule has 0 fully saturated rings.